The highest BCUT2D eigenvalue weighted by molar-refractivity contribution is 7.98. The molecular weight excluding hydrogens is 272 g/mol. The van der Waals surface area contributed by atoms with E-state index in [-0.39, 0.29) is 0 Å². The number of nitrogens with one attached hydrogen (secondary N) is 1. The summed E-state index contributed by atoms with van der Waals surface area (Å²) in [6.07, 6.45) is 2.50. The summed E-state index contributed by atoms with van der Waals surface area (Å²) in [5.74, 6) is 0.973. The summed E-state index contributed by atoms with van der Waals surface area (Å²) in [7, 11) is 0. The summed E-state index contributed by atoms with van der Waals surface area (Å²) in [5.41, 5.74) is 2.56. The van der Waals surface area contributed by atoms with Gasteiger partial charge in [0.25, 0.3) is 0 Å². The summed E-state index contributed by atoms with van der Waals surface area (Å²) in [4.78, 5) is 6.09. The van der Waals surface area contributed by atoms with Crippen molar-refractivity contribution in [1.29, 1.82) is 0 Å². The highest BCUT2D eigenvalue weighted by Crippen LogP contribution is 2.28. The largest absolute Gasteiger partial charge is 0.309 e. The first kappa shape index (κ1) is 13.2. The van der Waals surface area contributed by atoms with Crippen molar-refractivity contribution < 1.29 is 0 Å². The molecule has 19 heavy (non-hydrogen) atoms. The van der Waals surface area contributed by atoms with Crippen LogP contribution in [0.5, 0.6) is 0 Å². The quantitative estimate of drug-likeness (QED) is 0.856. The molecule has 1 atom stereocenters. The summed E-state index contributed by atoms with van der Waals surface area (Å²) < 4.78 is 0. The fourth-order valence-electron chi connectivity index (χ4n) is 2.34. The Labute approximate surface area is 122 Å². The number of hydrogen-bond donors (Lipinski definition) is 1. The normalized spacial score (nSPS) is 18.9. The third-order valence-electron chi connectivity index (χ3n) is 3.34. The van der Waals surface area contributed by atoms with E-state index in [0.29, 0.717) is 6.04 Å². The second-order valence-electron chi connectivity index (χ2n) is 4.92. The van der Waals surface area contributed by atoms with Gasteiger partial charge >= 0.3 is 0 Å². The summed E-state index contributed by atoms with van der Waals surface area (Å²) in [6, 6.07) is 9.15. The topological polar surface area (TPSA) is 24.9 Å². The van der Waals surface area contributed by atoms with Crippen LogP contribution in [0.15, 0.2) is 34.5 Å². The molecule has 1 aromatic heterocycles. The average Bonchev–Trinajstić information content (AvgIpc) is 3.07. The maximum absolute atomic E-state index is 4.76. The number of nitrogens with zero attached hydrogens (tertiary/aromatic N) is 1. The third-order valence-corrected chi connectivity index (χ3v) is 5.39. The fourth-order valence-corrected chi connectivity index (χ4v) is 4.22. The zero-order valence-corrected chi connectivity index (χ0v) is 12.7. The molecule has 3 rings (SSSR count). The molecular formula is C15H18N2S2. The smallest absolute Gasteiger partial charge is 0.103 e. The van der Waals surface area contributed by atoms with Crippen molar-refractivity contribution in [2.45, 2.75) is 36.5 Å². The Morgan fingerprint density at radius 3 is 3.21 bits per heavy atom. The van der Waals surface area contributed by atoms with Crippen molar-refractivity contribution in [3.63, 3.8) is 0 Å². The van der Waals surface area contributed by atoms with Crippen molar-refractivity contribution >= 4 is 23.1 Å². The Balaban J connectivity index is 1.61. The van der Waals surface area contributed by atoms with Crippen molar-refractivity contribution in [2.24, 2.45) is 0 Å². The predicted octanol–water partition coefficient (Wildman–Crippen LogP) is 4.17. The number of benzene rings is 1. The van der Waals surface area contributed by atoms with Crippen molar-refractivity contribution in [2.75, 3.05) is 6.54 Å². The van der Waals surface area contributed by atoms with E-state index in [1.54, 1.807) is 11.3 Å². The van der Waals surface area contributed by atoms with Crippen LogP contribution in [-0.4, -0.2) is 11.5 Å². The molecule has 0 bridgehead atoms. The van der Waals surface area contributed by atoms with Gasteiger partial charge in [0.1, 0.15) is 5.01 Å². The standard InChI is InChI=1S/C15H18N2S2/c1-11-4-2-5-12(8-11)18-10-15-17-14(9-19-15)13-6-3-7-16-13/h2,4-5,8-9,13,16H,3,6-7,10H2,1H3/t13-/m0/s1. The minimum absolute atomic E-state index is 0.494. The van der Waals surface area contributed by atoms with Crippen LogP contribution in [-0.2, 0) is 5.75 Å². The summed E-state index contributed by atoms with van der Waals surface area (Å²) in [6.45, 7) is 3.27. The maximum Gasteiger partial charge on any atom is 0.103 e. The molecule has 100 valence electrons. The molecule has 2 heterocycles. The van der Waals surface area contributed by atoms with Gasteiger partial charge in [-0.15, -0.1) is 23.1 Å². The molecule has 1 N–H and O–H groups in total. The van der Waals surface area contributed by atoms with E-state index >= 15 is 0 Å². The second-order valence-corrected chi connectivity index (χ2v) is 6.91. The molecule has 1 fully saturated rings. The maximum atomic E-state index is 4.76. The number of thiazole rings is 1. The summed E-state index contributed by atoms with van der Waals surface area (Å²) in [5, 5.41) is 6.95. The molecule has 2 nitrogen and oxygen atoms in total. The Hall–Kier alpha value is -0.840. The number of rotatable bonds is 4. The first-order valence-corrected chi connectivity index (χ1v) is 8.55. The number of thioether (sulfide) groups is 1. The van der Waals surface area contributed by atoms with Crippen LogP contribution in [0.25, 0.3) is 0 Å². The van der Waals surface area contributed by atoms with Crippen molar-refractivity contribution in [3.8, 4) is 0 Å². The molecule has 1 aliphatic rings. The molecule has 4 heteroatoms. The minimum Gasteiger partial charge on any atom is -0.309 e. The third kappa shape index (κ3) is 3.38. The van der Waals surface area contributed by atoms with E-state index in [2.05, 4.69) is 41.9 Å². The number of hydrogen-bond acceptors (Lipinski definition) is 4. The molecule has 0 unspecified atom stereocenters. The van der Waals surface area contributed by atoms with E-state index in [9.17, 15) is 0 Å². The number of aryl methyl sites for hydroxylation is 1. The Bertz CT molecular complexity index is 545. The van der Waals surface area contributed by atoms with E-state index in [0.717, 1.165) is 12.3 Å². The highest BCUT2D eigenvalue weighted by atomic mass is 32.2. The van der Waals surface area contributed by atoms with Gasteiger partial charge in [-0.05, 0) is 38.4 Å². The van der Waals surface area contributed by atoms with Crippen LogP contribution in [0.1, 0.15) is 35.1 Å². The van der Waals surface area contributed by atoms with Crippen LogP contribution in [0.4, 0.5) is 0 Å². The Morgan fingerprint density at radius 2 is 2.42 bits per heavy atom. The van der Waals surface area contributed by atoms with Crippen LogP contribution < -0.4 is 5.32 Å². The highest BCUT2D eigenvalue weighted by Gasteiger charge is 2.18. The van der Waals surface area contributed by atoms with Gasteiger partial charge in [0.15, 0.2) is 0 Å². The van der Waals surface area contributed by atoms with Gasteiger partial charge in [-0.1, -0.05) is 17.7 Å². The lowest BCUT2D eigenvalue weighted by Gasteiger charge is -2.05. The minimum atomic E-state index is 0.494. The van der Waals surface area contributed by atoms with E-state index < -0.39 is 0 Å². The molecule has 0 spiro atoms. The first-order valence-electron chi connectivity index (χ1n) is 6.68. The van der Waals surface area contributed by atoms with Gasteiger partial charge in [-0.3, -0.25) is 0 Å². The molecule has 1 aromatic carbocycles. The Kier molecular flexibility index (Phi) is 4.21. The lowest BCUT2D eigenvalue weighted by molar-refractivity contribution is 0.630. The van der Waals surface area contributed by atoms with Crippen LogP contribution in [0, 0.1) is 6.92 Å². The lowest BCUT2D eigenvalue weighted by Crippen LogP contribution is -2.13. The van der Waals surface area contributed by atoms with E-state index in [1.807, 2.05) is 11.8 Å². The van der Waals surface area contributed by atoms with Gasteiger partial charge in [-0.2, -0.15) is 0 Å². The van der Waals surface area contributed by atoms with E-state index in [1.165, 1.54) is 34.0 Å². The van der Waals surface area contributed by atoms with Crippen LogP contribution in [0.2, 0.25) is 0 Å². The molecule has 1 aliphatic heterocycles. The van der Waals surface area contributed by atoms with Gasteiger partial charge in [0.2, 0.25) is 0 Å². The molecule has 0 amide bonds. The molecule has 0 aliphatic carbocycles. The van der Waals surface area contributed by atoms with Crippen molar-refractivity contribution in [3.05, 3.63) is 45.9 Å². The molecule has 0 saturated carbocycles. The van der Waals surface area contributed by atoms with Gasteiger partial charge in [0, 0.05) is 10.3 Å². The van der Waals surface area contributed by atoms with Gasteiger partial charge < -0.3 is 5.32 Å². The van der Waals surface area contributed by atoms with Crippen molar-refractivity contribution in [1.82, 2.24) is 10.3 Å². The molecule has 0 radical (unpaired) electrons. The first-order chi connectivity index (χ1) is 9.31. The molecule has 2 aromatic rings. The number of aromatic nitrogens is 1. The second kappa shape index (κ2) is 6.07. The zero-order chi connectivity index (χ0) is 13.1. The molecule has 1 saturated heterocycles. The monoisotopic (exact) mass is 290 g/mol. The predicted molar refractivity (Wildman–Crippen MR) is 82.8 cm³/mol. The van der Waals surface area contributed by atoms with Crippen LogP contribution >= 0.6 is 23.1 Å². The van der Waals surface area contributed by atoms with E-state index in [4.69, 9.17) is 4.98 Å². The Morgan fingerprint density at radius 1 is 1.47 bits per heavy atom. The van der Waals surface area contributed by atoms with Crippen LogP contribution in [0.3, 0.4) is 0 Å². The van der Waals surface area contributed by atoms with Gasteiger partial charge in [-0.25, -0.2) is 4.98 Å². The fraction of sp³-hybridized carbons (Fsp3) is 0.400. The summed E-state index contributed by atoms with van der Waals surface area (Å²) >= 11 is 3.66. The van der Waals surface area contributed by atoms with Gasteiger partial charge in [0.05, 0.1) is 17.5 Å². The SMILES string of the molecule is Cc1cccc(SCc2nc([C@@H]3CCCN3)cs2)c1. The average molecular weight is 290 g/mol. The zero-order valence-electron chi connectivity index (χ0n) is 11.1. The lowest BCUT2D eigenvalue weighted by atomic mass is 10.2.